The van der Waals surface area contributed by atoms with Gasteiger partial charge in [0.25, 0.3) is 0 Å². The van der Waals surface area contributed by atoms with Crippen molar-refractivity contribution in [2.45, 2.75) is 27.2 Å². The van der Waals surface area contributed by atoms with Gasteiger partial charge in [-0.1, -0.05) is 20.3 Å². The molecule has 1 fully saturated rings. The summed E-state index contributed by atoms with van der Waals surface area (Å²) in [5, 5.41) is 17.8. The zero-order valence-corrected chi connectivity index (χ0v) is 15.0. The summed E-state index contributed by atoms with van der Waals surface area (Å²) in [7, 11) is 0. The molecule has 1 heterocycles. The Morgan fingerprint density at radius 2 is 0.958 bits per heavy atom. The fourth-order valence-corrected chi connectivity index (χ4v) is 2.36. The number of carbonyl (C=O) groups is 3. The van der Waals surface area contributed by atoms with Gasteiger partial charge in [-0.15, -0.1) is 0 Å². The van der Waals surface area contributed by atoms with Crippen LogP contribution in [0.5, 0.6) is 0 Å². The number of rotatable bonds is 6. The van der Waals surface area contributed by atoms with Gasteiger partial charge in [0.2, 0.25) is 0 Å². The number of carboxylic acids is 2. The lowest BCUT2D eigenvalue weighted by molar-refractivity contribution is -0.140. The predicted molar refractivity (Wildman–Crippen MR) is 91.2 cm³/mol. The number of carbonyl (C=O) groups excluding carboxylic acids is 1. The molecule has 0 unspecified atom stereocenters. The van der Waals surface area contributed by atoms with Gasteiger partial charge in [-0.05, 0) is 6.92 Å². The number of Topliss-reactive ketones (excluding diaryl/α,β-unsaturated/α-hetero) is 1. The molecule has 1 rings (SSSR count). The van der Waals surface area contributed by atoms with Gasteiger partial charge >= 0.3 is 11.9 Å². The minimum Gasteiger partial charge on any atom is -0.480 e. The highest BCUT2D eigenvalue weighted by molar-refractivity contribution is 5.77. The smallest absolute Gasteiger partial charge is 0.317 e. The van der Waals surface area contributed by atoms with Crippen molar-refractivity contribution in [1.82, 2.24) is 14.7 Å². The van der Waals surface area contributed by atoms with Crippen LogP contribution in [0.1, 0.15) is 27.2 Å². The maximum absolute atomic E-state index is 11.3. The van der Waals surface area contributed by atoms with Crippen LogP contribution < -0.4 is 0 Å². The first-order valence-electron chi connectivity index (χ1n) is 8.38. The van der Waals surface area contributed by atoms with Crippen molar-refractivity contribution in [3.05, 3.63) is 0 Å². The number of nitrogens with zero attached hydrogens (tertiary/aromatic N) is 3. The summed E-state index contributed by atoms with van der Waals surface area (Å²) >= 11 is 0. The van der Waals surface area contributed by atoms with Gasteiger partial charge in [-0.3, -0.25) is 29.1 Å². The normalized spacial score (nSPS) is 17.8. The van der Waals surface area contributed by atoms with Gasteiger partial charge in [0.15, 0.2) is 0 Å². The van der Waals surface area contributed by atoms with Gasteiger partial charge in [0.1, 0.15) is 5.78 Å². The van der Waals surface area contributed by atoms with Crippen LogP contribution in [0.3, 0.4) is 0 Å². The van der Waals surface area contributed by atoms with Crippen LogP contribution >= 0.6 is 0 Å². The van der Waals surface area contributed by atoms with Gasteiger partial charge < -0.3 is 10.2 Å². The van der Waals surface area contributed by atoms with Crippen LogP contribution in [0.25, 0.3) is 0 Å². The van der Waals surface area contributed by atoms with E-state index in [1.54, 1.807) is 9.80 Å². The van der Waals surface area contributed by atoms with E-state index < -0.39 is 11.9 Å². The molecule has 1 aliphatic heterocycles. The number of ketones is 1. The van der Waals surface area contributed by atoms with E-state index in [1.165, 1.54) is 13.3 Å². The van der Waals surface area contributed by atoms with Crippen molar-refractivity contribution in [3.8, 4) is 0 Å². The third kappa shape index (κ3) is 12.0. The molecule has 0 amide bonds. The monoisotopic (exact) mass is 345 g/mol. The van der Waals surface area contributed by atoms with Gasteiger partial charge in [-0.25, -0.2) is 0 Å². The highest BCUT2D eigenvalue weighted by Crippen LogP contribution is 2.01. The third-order valence-electron chi connectivity index (χ3n) is 3.36. The molecular weight excluding hydrogens is 314 g/mol. The highest BCUT2D eigenvalue weighted by Gasteiger charge is 2.19. The van der Waals surface area contributed by atoms with E-state index in [4.69, 9.17) is 10.2 Å². The van der Waals surface area contributed by atoms with Crippen LogP contribution in [0.4, 0.5) is 0 Å². The SMILES string of the molecule is CC(=O)CN1CCN(CC(=O)O)CCN(CC(=O)O)CC1.CCC. The average Bonchev–Trinajstić information content (AvgIpc) is 2.52. The number of hydrogen-bond donors (Lipinski definition) is 2. The summed E-state index contributed by atoms with van der Waals surface area (Å²) in [6, 6.07) is 0. The van der Waals surface area contributed by atoms with E-state index in [0.29, 0.717) is 45.8 Å². The molecule has 0 spiro atoms. The van der Waals surface area contributed by atoms with E-state index in [2.05, 4.69) is 13.8 Å². The standard InChI is InChI=1S/C13H23N3O5.C3H8/c1-11(17)8-14-2-4-15(9-12(18)19)6-7-16(5-3-14)10-13(20)21;1-3-2/h2-10H2,1H3,(H,18,19)(H,20,21);3H2,1-2H3. The first-order valence-corrected chi connectivity index (χ1v) is 8.38. The van der Waals surface area contributed by atoms with Crippen molar-refractivity contribution in [3.63, 3.8) is 0 Å². The fraction of sp³-hybridized carbons (Fsp3) is 0.812. The minimum absolute atomic E-state index is 0.0452. The predicted octanol–water partition coefficient (Wildman–Crippen LogP) is 0.0805. The second-order valence-corrected chi connectivity index (χ2v) is 6.03. The van der Waals surface area contributed by atoms with Crippen molar-refractivity contribution >= 4 is 17.7 Å². The molecule has 0 saturated carbocycles. The van der Waals surface area contributed by atoms with Crippen molar-refractivity contribution < 1.29 is 24.6 Å². The summed E-state index contributed by atoms with van der Waals surface area (Å²) in [6.07, 6.45) is 1.25. The van der Waals surface area contributed by atoms with Crippen molar-refractivity contribution in [2.24, 2.45) is 0 Å². The summed E-state index contributed by atoms with van der Waals surface area (Å²) in [6.45, 7) is 9.26. The quantitative estimate of drug-likeness (QED) is 0.698. The molecule has 0 bridgehead atoms. The molecular formula is C16H31N3O5. The van der Waals surface area contributed by atoms with Crippen LogP contribution in [-0.2, 0) is 14.4 Å². The Hall–Kier alpha value is -1.51. The Morgan fingerprint density at radius 1 is 0.708 bits per heavy atom. The zero-order chi connectivity index (χ0) is 18.5. The molecule has 2 N–H and O–H groups in total. The first kappa shape index (κ1) is 22.5. The molecule has 0 aromatic rings. The molecule has 0 radical (unpaired) electrons. The van der Waals surface area contributed by atoms with E-state index in [0.717, 1.165) is 0 Å². The summed E-state index contributed by atoms with van der Waals surface area (Å²) in [5.41, 5.74) is 0. The lowest BCUT2D eigenvalue weighted by Crippen LogP contribution is -2.40. The van der Waals surface area contributed by atoms with Gasteiger partial charge in [-0.2, -0.15) is 0 Å². The molecule has 1 saturated heterocycles. The third-order valence-corrected chi connectivity index (χ3v) is 3.36. The van der Waals surface area contributed by atoms with E-state index >= 15 is 0 Å². The Kier molecular flexibility index (Phi) is 12.0. The molecule has 0 aromatic heterocycles. The van der Waals surface area contributed by atoms with Gasteiger partial charge in [0.05, 0.1) is 19.6 Å². The number of aliphatic carboxylic acids is 2. The van der Waals surface area contributed by atoms with Crippen LogP contribution in [0, 0.1) is 0 Å². The summed E-state index contributed by atoms with van der Waals surface area (Å²) in [5.74, 6) is -1.77. The molecule has 0 aliphatic carbocycles. The van der Waals surface area contributed by atoms with Crippen molar-refractivity contribution in [2.75, 3.05) is 58.9 Å². The lowest BCUT2D eigenvalue weighted by atomic mass is 10.3. The minimum atomic E-state index is -0.905. The molecule has 1 aliphatic rings. The largest absolute Gasteiger partial charge is 0.480 e. The first-order chi connectivity index (χ1) is 11.3. The number of carboxylic acid groups (broad SMARTS) is 2. The second kappa shape index (κ2) is 12.9. The summed E-state index contributed by atoms with van der Waals surface area (Å²) in [4.78, 5) is 38.5. The second-order valence-electron chi connectivity index (χ2n) is 6.03. The Labute approximate surface area is 144 Å². The maximum atomic E-state index is 11.3. The molecule has 8 nitrogen and oxygen atoms in total. The number of hydrogen-bond acceptors (Lipinski definition) is 6. The molecule has 24 heavy (non-hydrogen) atoms. The Balaban J connectivity index is 0.00000163. The van der Waals surface area contributed by atoms with E-state index in [9.17, 15) is 14.4 Å². The topological polar surface area (TPSA) is 101 Å². The van der Waals surface area contributed by atoms with Crippen LogP contribution in [-0.4, -0.2) is 102 Å². The molecule has 8 heteroatoms. The molecule has 0 atom stereocenters. The fourth-order valence-electron chi connectivity index (χ4n) is 2.36. The molecule has 0 aromatic carbocycles. The summed E-state index contributed by atoms with van der Waals surface area (Å²) < 4.78 is 0. The maximum Gasteiger partial charge on any atom is 0.317 e. The average molecular weight is 345 g/mol. The van der Waals surface area contributed by atoms with E-state index in [1.807, 2.05) is 4.90 Å². The molecule has 140 valence electrons. The Bertz CT molecular complexity index is 334. The lowest BCUT2D eigenvalue weighted by Gasteiger charge is -2.23. The van der Waals surface area contributed by atoms with E-state index in [-0.39, 0.29) is 18.9 Å². The van der Waals surface area contributed by atoms with Crippen LogP contribution in [0.2, 0.25) is 0 Å². The zero-order valence-electron chi connectivity index (χ0n) is 15.0. The van der Waals surface area contributed by atoms with Crippen LogP contribution in [0.15, 0.2) is 0 Å². The van der Waals surface area contributed by atoms with Gasteiger partial charge in [0, 0.05) is 39.3 Å². The highest BCUT2D eigenvalue weighted by atomic mass is 16.4. The Morgan fingerprint density at radius 3 is 1.17 bits per heavy atom. The van der Waals surface area contributed by atoms with Crippen molar-refractivity contribution in [1.29, 1.82) is 0 Å².